The molecule has 2 aromatic carbocycles. The van der Waals surface area contributed by atoms with E-state index in [-0.39, 0.29) is 29.3 Å². The van der Waals surface area contributed by atoms with Crippen molar-refractivity contribution < 1.29 is 37.0 Å². The lowest BCUT2D eigenvalue weighted by atomic mass is 10.2. The second-order valence-corrected chi connectivity index (χ2v) is 9.26. The van der Waals surface area contributed by atoms with Crippen molar-refractivity contribution in [3.63, 3.8) is 0 Å². The Morgan fingerprint density at radius 3 is 2.38 bits per heavy atom. The third-order valence-corrected chi connectivity index (χ3v) is 7.26. The van der Waals surface area contributed by atoms with Gasteiger partial charge in [-0.1, -0.05) is 13.8 Å². The molecule has 184 valence electrons. The van der Waals surface area contributed by atoms with Gasteiger partial charge in [-0.15, -0.1) is 0 Å². The van der Waals surface area contributed by atoms with Gasteiger partial charge in [0.25, 0.3) is 5.91 Å². The van der Waals surface area contributed by atoms with E-state index in [0.29, 0.717) is 30.4 Å². The van der Waals surface area contributed by atoms with Crippen molar-refractivity contribution in [2.45, 2.75) is 31.8 Å². The van der Waals surface area contributed by atoms with Crippen molar-refractivity contribution >= 4 is 27.6 Å². The van der Waals surface area contributed by atoms with Crippen molar-refractivity contribution in [2.75, 3.05) is 38.7 Å². The van der Waals surface area contributed by atoms with Crippen LogP contribution in [-0.4, -0.2) is 64.1 Å². The Morgan fingerprint density at radius 2 is 1.74 bits per heavy atom. The predicted octanol–water partition coefficient (Wildman–Crippen LogP) is 2.68. The third kappa shape index (κ3) is 5.42. The average Bonchev–Trinajstić information content (AvgIpc) is 2.84. The van der Waals surface area contributed by atoms with Crippen LogP contribution in [0.2, 0.25) is 0 Å². The second kappa shape index (κ2) is 10.7. The maximum Gasteiger partial charge on any atom is 0.338 e. The number of fused-ring (bicyclic) bond motifs is 1. The summed E-state index contributed by atoms with van der Waals surface area (Å²) in [7, 11) is -2.55. The van der Waals surface area contributed by atoms with Crippen LogP contribution in [0.5, 0.6) is 17.2 Å². The lowest BCUT2D eigenvalue weighted by Gasteiger charge is -2.21. The molecule has 0 unspecified atom stereocenters. The number of sulfonamides is 1. The fraction of sp³-hybridized carbons (Fsp3) is 0.391. The molecule has 0 saturated heterocycles. The van der Waals surface area contributed by atoms with Crippen molar-refractivity contribution in [3.05, 3.63) is 42.0 Å². The minimum absolute atomic E-state index is 0.0227. The number of amides is 1. The zero-order valence-corrected chi connectivity index (χ0v) is 20.3. The number of esters is 1. The third-order valence-electron chi connectivity index (χ3n) is 5.19. The molecule has 1 aliphatic heterocycles. The Hall–Kier alpha value is -3.31. The van der Waals surface area contributed by atoms with Crippen LogP contribution in [0.1, 0.15) is 31.1 Å². The fourth-order valence-corrected chi connectivity index (χ4v) is 4.99. The number of hydrogen-bond acceptors (Lipinski definition) is 8. The molecule has 2 aromatic rings. The van der Waals surface area contributed by atoms with Crippen molar-refractivity contribution in [3.8, 4) is 17.2 Å². The lowest BCUT2D eigenvalue weighted by Crippen LogP contribution is -2.31. The highest BCUT2D eigenvalue weighted by Crippen LogP contribution is 2.33. The summed E-state index contributed by atoms with van der Waals surface area (Å²) in [6.45, 7) is 6.23. The first kappa shape index (κ1) is 25.3. The standard InChI is InChI=1S/C23H28N2O8S/c1-5-25(6-2)34(28,29)21-13-16(7-9-19(21)30-4)23(27)33-15(3)22(26)24-17-8-10-18-20(14-17)32-12-11-31-18/h7-10,13-15H,5-6,11-12H2,1-4H3,(H,24,26)/t15-/m0/s1. The van der Waals surface area contributed by atoms with Gasteiger partial charge in [-0.2, -0.15) is 4.31 Å². The number of nitrogens with zero attached hydrogens (tertiary/aromatic N) is 1. The van der Waals surface area contributed by atoms with Crippen LogP contribution in [-0.2, 0) is 19.6 Å². The molecular formula is C23H28N2O8S. The van der Waals surface area contributed by atoms with Crippen LogP contribution >= 0.6 is 0 Å². The summed E-state index contributed by atoms with van der Waals surface area (Å²) in [6.07, 6.45) is -1.15. The Balaban J connectivity index is 1.74. The van der Waals surface area contributed by atoms with E-state index in [4.69, 9.17) is 18.9 Å². The zero-order chi connectivity index (χ0) is 24.9. The van der Waals surface area contributed by atoms with E-state index in [1.165, 1.54) is 36.5 Å². The number of carbonyl (C=O) groups excluding carboxylic acids is 2. The highest BCUT2D eigenvalue weighted by molar-refractivity contribution is 7.89. The van der Waals surface area contributed by atoms with Crippen LogP contribution in [0.25, 0.3) is 0 Å². The molecule has 0 aromatic heterocycles. The SMILES string of the molecule is CCN(CC)S(=O)(=O)c1cc(C(=O)O[C@@H](C)C(=O)Nc2ccc3c(c2)OCCO3)ccc1OC. The minimum Gasteiger partial charge on any atom is -0.495 e. The van der Waals surface area contributed by atoms with Gasteiger partial charge < -0.3 is 24.3 Å². The van der Waals surface area contributed by atoms with E-state index in [1.54, 1.807) is 32.0 Å². The number of anilines is 1. The van der Waals surface area contributed by atoms with Gasteiger partial charge in [0.1, 0.15) is 23.9 Å². The topological polar surface area (TPSA) is 120 Å². The molecule has 1 amide bonds. The maximum absolute atomic E-state index is 13.0. The van der Waals surface area contributed by atoms with Gasteiger partial charge >= 0.3 is 5.97 Å². The van der Waals surface area contributed by atoms with Crippen LogP contribution in [0.4, 0.5) is 5.69 Å². The minimum atomic E-state index is -3.89. The smallest absolute Gasteiger partial charge is 0.338 e. The van der Waals surface area contributed by atoms with Gasteiger partial charge in [0, 0.05) is 24.8 Å². The average molecular weight is 493 g/mol. The molecule has 0 bridgehead atoms. The molecule has 0 radical (unpaired) electrons. The van der Waals surface area contributed by atoms with Crippen LogP contribution < -0.4 is 19.5 Å². The predicted molar refractivity (Wildman–Crippen MR) is 124 cm³/mol. The molecule has 0 fully saturated rings. The Morgan fingerprint density at radius 1 is 1.06 bits per heavy atom. The molecule has 3 rings (SSSR count). The van der Waals surface area contributed by atoms with Crippen molar-refractivity contribution in [1.29, 1.82) is 0 Å². The first-order valence-corrected chi connectivity index (χ1v) is 12.2. The molecule has 1 atom stereocenters. The van der Waals surface area contributed by atoms with E-state index in [0.717, 1.165) is 0 Å². The normalized spacial score (nSPS) is 13.8. The first-order chi connectivity index (χ1) is 16.2. The first-order valence-electron chi connectivity index (χ1n) is 10.8. The second-order valence-electron chi connectivity index (χ2n) is 7.35. The molecule has 34 heavy (non-hydrogen) atoms. The van der Waals surface area contributed by atoms with Gasteiger partial charge in [-0.05, 0) is 37.3 Å². The molecule has 0 aliphatic carbocycles. The number of ether oxygens (including phenoxy) is 4. The van der Waals surface area contributed by atoms with Gasteiger partial charge in [-0.3, -0.25) is 4.79 Å². The van der Waals surface area contributed by atoms with Crippen LogP contribution in [0.15, 0.2) is 41.3 Å². The number of hydrogen-bond donors (Lipinski definition) is 1. The number of benzene rings is 2. The number of carbonyl (C=O) groups is 2. The summed E-state index contributed by atoms with van der Waals surface area (Å²) >= 11 is 0. The van der Waals surface area contributed by atoms with E-state index >= 15 is 0 Å². The van der Waals surface area contributed by atoms with Crippen molar-refractivity contribution in [1.82, 2.24) is 4.31 Å². The monoisotopic (exact) mass is 492 g/mol. The van der Waals surface area contributed by atoms with E-state index in [2.05, 4.69) is 5.32 Å². The van der Waals surface area contributed by atoms with Gasteiger partial charge in [0.15, 0.2) is 17.6 Å². The quantitative estimate of drug-likeness (QED) is 0.531. The zero-order valence-electron chi connectivity index (χ0n) is 19.5. The number of rotatable bonds is 9. The molecule has 1 N–H and O–H groups in total. The summed E-state index contributed by atoms with van der Waals surface area (Å²) in [6, 6.07) is 8.90. The van der Waals surface area contributed by atoms with E-state index in [1.807, 2.05) is 0 Å². The molecular weight excluding hydrogens is 464 g/mol. The maximum atomic E-state index is 13.0. The Bertz CT molecular complexity index is 1160. The molecule has 0 spiro atoms. The molecule has 0 saturated carbocycles. The Labute approximate surface area is 198 Å². The largest absolute Gasteiger partial charge is 0.495 e. The molecule has 11 heteroatoms. The lowest BCUT2D eigenvalue weighted by molar-refractivity contribution is -0.123. The molecule has 10 nitrogen and oxygen atoms in total. The van der Waals surface area contributed by atoms with E-state index < -0.39 is 28.0 Å². The highest BCUT2D eigenvalue weighted by atomic mass is 32.2. The summed E-state index contributed by atoms with van der Waals surface area (Å²) < 4.78 is 48.7. The highest BCUT2D eigenvalue weighted by Gasteiger charge is 2.28. The van der Waals surface area contributed by atoms with Gasteiger partial charge in [-0.25, -0.2) is 13.2 Å². The van der Waals surface area contributed by atoms with Crippen LogP contribution in [0.3, 0.4) is 0 Å². The fourth-order valence-electron chi connectivity index (χ4n) is 3.35. The van der Waals surface area contributed by atoms with Crippen molar-refractivity contribution in [2.24, 2.45) is 0 Å². The summed E-state index contributed by atoms with van der Waals surface area (Å²) in [5.41, 5.74) is 0.430. The summed E-state index contributed by atoms with van der Waals surface area (Å²) in [5.74, 6) is -0.210. The van der Waals surface area contributed by atoms with E-state index in [9.17, 15) is 18.0 Å². The number of methoxy groups -OCH3 is 1. The molecule has 1 aliphatic rings. The summed E-state index contributed by atoms with van der Waals surface area (Å²) in [4.78, 5) is 25.1. The summed E-state index contributed by atoms with van der Waals surface area (Å²) in [5, 5.41) is 2.66. The van der Waals surface area contributed by atoms with Gasteiger partial charge in [0.2, 0.25) is 10.0 Å². The Kier molecular flexibility index (Phi) is 8.00. The number of nitrogens with one attached hydrogen (secondary N) is 1. The molecule has 1 heterocycles. The van der Waals surface area contributed by atoms with Crippen LogP contribution in [0, 0.1) is 0 Å². The van der Waals surface area contributed by atoms with Gasteiger partial charge in [0.05, 0.1) is 12.7 Å².